The van der Waals surface area contributed by atoms with E-state index in [4.69, 9.17) is 10.2 Å². The average Bonchev–Trinajstić information content (AvgIpc) is 2.25. The molecule has 17 heavy (non-hydrogen) atoms. The SMILES string of the molecule is Cc1cncc(NC(=O)NC(CO)C(=O)O)c1. The van der Waals surface area contributed by atoms with Crippen LogP contribution in [0.25, 0.3) is 0 Å². The zero-order valence-corrected chi connectivity index (χ0v) is 9.17. The molecule has 0 bridgehead atoms. The van der Waals surface area contributed by atoms with Crippen LogP contribution in [-0.4, -0.2) is 39.8 Å². The Morgan fingerprint density at radius 1 is 1.47 bits per heavy atom. The Bertz CT molecular complexity index is 422. The first kappa shape index (κ1) is 12.9. The van der Waals surface area contributed by atoms with Gasteiger partial charge in [0.25, 0.3) is 0 Å². The third kappa shape index (κ3) is 4.07. The van der Waals surface area contributed by atoms with Gasteiger partial charge in [-0.15, -0.1) is 0 Å². The second-order valence-electron chi connectivity index (χ2n) is 3.42. The molecule has 2 amide bonds. The Balaban J connectivity index is 2.58. The van der Waals surface area contributed by atoms with Gasteiger partial charge in [-0.3, -0.25) is 4.98 Å². The Morgan fingerprint density at radius 3 is 2.71 bits per heavy atom. The molecule has 0 saturated carbocycles. The Hall–Kier alpha value is -2.15. The molecule has 7 nitrogen and oxygen atoms in total. The number of carbonyl (C=O) groups is 2. The number of aliphatic carboxylic acids is 1. The number of carbonyl (C=O) groups excluding carboxylic acids is 1. The molecule has 0 radical (unpaired) electrons. The van der Waals surface area contributed by atoms with Crippen molar-refractivity contribution in [1.29, 1.82) is 0 Å². The number of nitrogens with zero attached hydrogens (tertiary/aromatic N) is 1. The third-order valence-electron chi connectivity index (χ3n) is 1.92. The molecule has 0 aromatic carbocycles. The van der Waals surface area contributed by atoms with Crippen molar-refractivity contribution in [1.82, 2.24) is 10.3 Å². The number of carboxylic acids is 1. The summed E-state index contributed by atoms with van der Waals surface area (Å²) in [6, 6.07) is -0.354. The van der Waals surface area contributed by atoms with E-state index in [0.29, 0.717) is 5.69 Å². The summed E-state index contributed by atoms with van der Waals surface area (Å²) in [5, 5.41) is 21.9. The van der Waals surface area contributed by atoms with Crippen LogP contribution in [0.3, 0.4) is 0 Å². The molecule has 0 aliphatic heterocycles. The lowest BCUT2D eigenvalue weighted by atomic mass is 10.3. The zero-order chi connectivity index (χ0) is 12.8. The maximum absolute atomic E-state index is 11.4. The number of rotatable bonds is 4. The topological polar surface area (TPSA) is 112 Å². The first-order chi connectivity index (χ1) is 8.02. The Kier molecular flexibility index (Phi) is 4.41. The number of aryl methyl sites for hydroxylation is 1. The number of pyridine rings is 1. The molecule has 1 atom stereocenters. The summed E-state index contributed by atoms with van der Waals surface area (Å²) in [5.74, 6) is -1.30. The molecule has 1 rings (SSSR count). The van der Waals surface area contributed by atoms with Gasteiger partial charge in [-0.1, -0.05) is 0 Å². The summed E-state index contributed by atoms with van der Waals surface area (Å²) >= 11 is 0. The first-order valence-corrected chi connectivity index (χ1v) is 4.85. The lowest BCUT2D eigenvalue weighted by Crippen LogP contribution is -2.45. The number of aromatic nitrogens is 1. The van der Waals surface area contributed by atoms with Gasteiger partial charge in [0.15, 0.2) is 6.04 Å². The van der Waals surface area contributed by atoms with E-state index in [-0.39, 0.29) is 0 Å². The minimum Gasteiger partial charge on any atom is -0.480 e. The van der Waals surface area contributed by atoms with Crippen LogP contribution in [-0.2, 0) is 4.79 Å². The molecule has 1 aromatic heterocycles. The van der Waals surface area contributed by atoms with Gasteiger partial charge in [0.05, 0.1) is 18.5 Å². The summed E-state index contributed by atoms with van der Waals surface area (Å²) < 4.78 is 0. The molecule has 0 saturated heterocycles. The van der Waals surface area contributed by atoms with Crippen LogP contribution in [0.15, 0.2) is 18.5 Å². The Morgan fingerprint density at radius 2 is 2.18 bits per heavy atom. The van der Waals surface area contributed by atoms with Gasteiger partial charge in [0, 0.05) is 6.20 Å². The van der Waals surface area contributed by atoms with Crippen molar-refractivity contribution in [2.75, 3.05) is 11.9 Å². The summed E-state index contributed by atoms with van der Waals surface area (Å²) in [6.07, 6.45) is 3.05. The fourth-order valence-corrected chi connectivity index (χ4v) is 1.13. The number of hydrogen-bond acceptors (Lipinski definition) is 4. The average molecular weight is 239 g/mol. The molecule has 1 heterocycles. The summed E-state index contributed by atoms with van der Waals surface area (Å²) in [5.41, 5.74) is 1.31. The maximum Gasteiger partial charge on any atom is 0.328 e. The predicted octanol–water partition coefficient (Wildman–Crippen LogP) is -0.0430. The van der Waals surface area contributed by atoms with Crippen molar-refractivity contribution in [2.24, 2.45) is 0 Å². The lowest BCUT2D eigenvalue weighted by Gasteiger charge is -2.12. The van der Waals surface area contributed by atoms with Crippen LogP contribution in [0, 0.1) is 6.92 Å². The highest BCUT2D eigenvalue weighted by molar-refractivity contribution is 5.92. The van der Waals surface area contributed by atoms with Crippen LogP contribution in [0.1, 0.15) is 5.56 Å². The van der Waals surface area contributed by atoms with Crippen LogP contribution in [0.2, 0.25) is 0 Å². The highest BCUT2D eigenvalue weighted by atomic mass is 16.4. The van der Waals surface area contributed by atoms with E-state index in [1.807, 2.05) is 6.92 Å². The van der Waals surface area contributed by atoms with Crippen molar-refractivity contribution in [3.63, 3.8) is 0 Å². The van der Waals surface area contributed by atoms with Crippen molar-refractivity contribution in [2.45, 2.75) is 13.0 Å². The van der Waals surface area contributed by atoms with E-state index >= 15 is 0 Å². The van der Waals surface area contributed by atoms with Crippen molar-refractivity contribution < 1.29 is 19.8 Å². The minimum atomic E-state index is -1.33. The number of nitrogens with one attached hydrogen (secondary N) is 2. The summed E-state index contributed by atoms with van der Waals surface area (Å²) in [7, 11) is 0. The van der Waals surface area contributed by atoms with Crippen molar-refractivity contribution >= 4 is 17.7 Å². The van der Waals surface area contributed by atoms with Gasteiger partial charge >= 0.3 is 12.0 Å². The second-order valence-corrected chi connectivity index (χ2v) is 3.42. The molecule has 0 fully saturated rings. The quantitative estimate of drug-likeness (QED) is 0.589. The number of aliphatic hydroxyl groups is 1. The van der Waals surface area contributed by atoms with Gasteiger partial charge < -0.3 is 20.8 Å². The number of urea groups is 1. The molecule has 1 aromatic rings. The molecular weight excluding hydrogens is 226 g/mol. The van der Waals surface area contributed by atoms with Gasteiger partial charge in [-0.05, 0) is 18.6 Å². The molecule has 1 unspecified atom stereocenters. The monoisotopic (exact) mass is 239 g/mol. The first-order valence-electron chi connectivity index (χ1n) is 4.85. The number of aliphatic hydroxyl groups excluding tert-OH is 1. The van der Waals surface area contributed by atoms with Crippen LogP contribution in [0.5, 0.6) is 0 Å². The molecule has 7 heteroatoms. The van der Waals surface area contributed by atoms with E-state index in [2.05, 4.69) is 15.6 Å². The summed E-state index contributed by atoms with van der Waals surface area (Å²) in [4.78, 5) is 25.8. The fourth-order valence-electron chi connectivity index (χ4n) is 1.13. The highest BCUT2D eigenvalue weighted by Gasteiger charge is 2.18. The van der Waals surface area contributed by atoms with Crippen LogP contribution in [0.4, 0.5) is 10.5 Å². The number of carboxylic acid groups (broad SMARTS) is 1. The maximum atomic E-state index is 11.4. The van der Waals surface area contributed by atoms with E-state index in [0.717, 1.165) is 5.56 Å². The fraction of sp³-hybridized carbons (Fsp3) is 0.300. The number of amides is 2. The van der Waals surface area contributed by atoms with Gasteiger partial charge in [0.2, 0.25) is 0 Å². The van der Waals surface area contributed by atoms with E-state index in [1.54, 1.807) is 12.3 Å². The normalized spacial score (nSPS) is 11.6. The third-order valence-corrected chi connectivity index (χ3v) is 1.92. The smallest absolute Gasteiger partial charge is 0.328 e. The largest absolute Gasteiger partial charge is 0.480 e. The van der Waals surface area contributed by atoms with Crippen molar-refractivity contribution in [3.8, 4) is 0 Å². The van der Waals surface area contributed by atoms with E-state index < -0.39 is 24.6 Å². The molecule has 92 valence electrons. The minimum absolute atomic E-state index is 0.449. The summed E-state index contributed by atoms with van der Waals surface area (Å²) in [6.45, 7) is 1.14. The van der Waals surface area contributed by atoms with E-state index in [9.17, 15) is 9.59 Å². The van der Waals surface area contributed by atoms with Gasteiger partial charge in [-0.2, -0.15) is 0 Å². The molecule has 0 aliphatic carbocycles. The predicted molar refractivity (Wildman–Crippen MR) is 59.6 cm³/mol. The van der Waals surface area contributed by atoms with Gasteiger partial charge in [0.1, 0.15) is 0 Å². The number of anilines is 1. The van der Waals surface area contributed by atoms with Crippen LogP contribution < -0.4 is 10.6 Å². The Labute approximate surface area is 97.5 Å². The van der Waals surface area contributed by atoms with Crippen LogP contribution >= 0.6 is 0 Å². The highest BCUT2D eigenvalue weighted by Crippen LogP contribution is 2.06. The number of hydrogen-bond donors (Lipinski definition) is 4. The zero-order valence-electron chi connectivity index (χ0n) is 9.17. The van der Waals surface area contributed by atoms with Crippen molar-refractivity contribution in [3.05, 3.63) is 24.0 Å². The van der Waals surface area contributed by atoms with E-state index in [1.165, 1.54) is 6.20 Å². The van der Waals surface area contributed by atoms with Gasteiger partial charge in [-0.25, -0.2) is 9.59 Å². The second kappa shape index (κ2) is 5.80. The lowest BCUT2D eigenvalue weighted by molar-refractivity contribution is -0.140. The molecule has 4 N–H and O–H groups in total. The molecular formula is C10H13N3O4. The molecule has 0 aliphatic rings. The standard InChI is InChI=1S/C10H13N3O4/c1-6-2-7(4-11-3-6)12-10(17)13-8(5-14)9(15)16/h2-4,8,14H,5H2,1H3,(H,15,16)(H2,12,13,17). The molecule has 0 spiro atoms.